The number of carbonyl (C=O) groups excluding carboxylic acids is 1. The maximum atomic E-state index is 11.8. The lowest BCUT2D eigenvalue weighted by atomic mass is 9.98. The first-order chi connectivity index (χ1) is 9.90. The van der Waals surface area contributed by atoms with Gasteiger partial charge in [-0.2, -0.15) is 5.10 Å². The first-order valence-corrected chi connectivity index (χ1v) is 7.58. The van der Waals surface area contributed by atoms with Crippen molar-refractivity contribution >= 4 is 6.03 Å². The minimum Gasteiger partial charge on any atom is -0.394 e. The molecule has 1 rings (SSSR count). The Morgan fingerprint density at radius 2 is 2.19 bits per heavy atom. The van der Waals surface area contributed by atoms with Crippen molar-refractivity contribution in [2.24, 2.45) is 0 Å². The number of amides is 2. The quantitative estimate of drug-likeness (QED) is 0.639. The van der Waals surface area contributed by atoms with Gasteiger partial charge in [0.1, 0.15) is 0 Å². The lowest BCUT2D eigenvalue weighted by Crippen LogP contribution is -2.52. The van der Waals surface area contributed by atoms with Crippen LogP contribution in [0.5, 0.6) is 0 Å². The standard InChI is InChI=1S/C15H28N4O2/c1-5-7-15(4,11-20)17-14(21)16-8-6-9-19-13(3)10-12(2)18-19/h10,20H,5-9,11H2,1-4H3,(H2,16,17,21). The van der Waals surface area contributed by atoms with Crippen LogP contribution in [0.25, 0.3) is 0 Å². The summed E-state index contributed by atoms with van der Waals surface area (Å²) in [5.74, 6) is 0. The predicted octanol–water partition coefficient (Wildman–Crippen LogP) is 1.74. The highest BCUT2D eigenvalue weighted by molar-refractivity contribution is 5.74. The number of hydrogen-bond donors (Lipinski definition) is 3. The molecule has 1 aromatic heterocycles. The molecule has 6 heteroatoms. The van der Waals surface area contributed by atoms with Crippen LogP contribution in [0.2, 0.25) is 0 Å². The molecule has 0 aliphatic rings. The summed E-state index contributed by atoms with van der Waals surface area (Å²) in [6.07, 6.45) is 2.48. The highest BCUT2D eigenvalue weighted by Crippen LogP contribution is 2.10. The van der Waals surface area contributed by atoms with E-state index in [2.05, 4.69) is 15.7 Å². The number of aromatic nitrogens is 2. The normalized spacial score (nSPS) is 13.8. The number of rotatable bonds is 8. The molecule has 21 heavy (non-hydrogen) atoms. The van der Waals surface area contributed by atoms with E-state index in [1.807, 2.05) is 38.4 Å². The molecule has 0 saturated heterocycles. The molecular weight excluding hydrogens is 268 g/mol. The van der Waals surface area contributed by atoms with Crippen molar-refractivity contribution in [2.75, 3.05) is 13.2 Å². The monoisotopic (exact) mass is 296 g/mol. The van der Waals surface area contributed by atoms with Gasteiger partial charge < -0.3 is 15.7 Å². The topological polar surface area (TPSA) is 79.2 Å². The fourth-order valence-electron chi connectivity index (χ4n) is 2.38. The Kier molecular flexibility index (Phi) is 6.68. The molecule has 0 radical (unpaired) electrons. The molecule has 1 atom stereocenters. The Bertz CT molecular complexity index is 459. The molecule has 0 aliphatic heterocycles. The summed E-state index contributed by atoms with van der Waals surface area (Å²) in [7, 11) is 0. The van der Waals surface area contributed by atoms with Crippen LogP contribution in [0.4, 0.5) is 4.79 Å². The zero-order valence-electron chi connectivity index (χ0n) is 13.6. The van der Waals surface area contributed by atoms with Gasteiger partial charge in [0.15, 0.2) is 0 Å². The lowest BCUT2D eigenvalue weighted by Gasteiger charge is -2.28. The number of nitrogens with one attached hydrogen (secondary N) is 2. The molecule has 0 saturated carbocycles. The van der Waals surface area contributed by atoms with Crippen molar-refractivity contribution in [1.29, 1.82) is 0 Å². The van der Waals surface area contributed by atoms with E-state index in [1.54, 1.807) is 0 Å². The molecule has 1 heterocycles. The average molecular weight is 296 g/mol. The summed E-state index contributed by atoms with van der Waals surface area (Å²) >= 11 is 0. The van der Waals surface area contributed by atoms with Gasteiger partial charge in [0.05, 0.1) is 17.8 Å². The van der Waals surface area contributed by atoms with Crippen LogP contribution in [0.15, 0.2) is 6.07 Å². The average Bonchev–Trinajstić information content (AvgIpc) is 2.73. The van der Waals surface area contributed by atoms with Crippen LogP contribution in [0.3, 0.4) is 0 Å². The Morgan fingerprint density at radius 3 is 2.71 bits per heavy atom. The van der Waals surface area contributed by atoms with E-state index < -0.39 is 5.54 Å². The summed E-state index contributed by atoms with van der Waals surface area (Å²) in [6.45, 7) is 9.19. The molecule has 0 spiro atoms. The highest BCUT2D eigenvalue weighted by atomic mass is 16.3. The number of hydrogen-bond acceptors (Lipinski definition) is 3. The van der Waals surface area contributed by atoms with Crippen LogP contribution in [-0.4, -0.2) is 39.6 Å². The smallest absolute Gasteiger partial charge is 0.315 e. The third kappa shape index (κ3) is 5.75. The second kappa shape index (κ2) is 8.02. The van der Waals surface area contributed by atoms with Gasteiger partial charge in [-0.1, -0.05) is 13.3 Å². The fraction of sp³-hybridized carbons (Fsp3) is 0.733. The van der Waals surface area contributed by atoms with Crippen molar-refractivity contribution < 1.29 is 9.90 Å². The zero-order valence-corrected chi connectivity index (χ0v) is 13.6. The summed E-state index contributed by atoms with van der Waals surface area (Å²) in [6, 6.07) is 1.81. The number of nitrogens with zero attached hydrogens (tertiary/aromatic N) is 2. The van der Waals surface area contributed by atoms with Crippen molar-refractivity contribution in [3.63, 3.8) is 0 Å². The summed E-state index contributed by atoms with van der Waals surface area (Å²) < 4.78 is 1.95. The Balaban J connectivity index is 2.29. The van der Waals surface area contributed by atoms with Gasteiger partial charge in [-0.15, -0.1) is 0 Å². The van der Waals surface area contributed by atoms with Gasteiger partial charge in [0.25, 0.3) is 0 Å². The van der Waals surface area contributed by atoms with Gasteiger partial charge in [-0.25, -0.2) is 4.79 Å². The highest BCUT2D eigenvalue weighted by Gasteiger charge is 2.24. The third-order valence-electron chi connectivity index (χ3n) is 3.50. The minimum absolute atomic E-state index is 0.0555. The molecule has 2 amide bonds. The molecule has 0 aliphatic carbocycles. The Morgan fingerprint density at radius 1 is 1.48 bits per heavy atom. The largest absolute Gasteiger partial charge is 0.394 e. The van der Waals surface area contributed by atoms with E-state index in [4.69, 9.17) is 0 Å². The van der Waals surface area contributed by atoms with Crippen molar-refractivity contribution in [3.05, 3.63) is 17.5 Å². The molecule has 120 valence electrons. The number of aryl methyl sites for hydroxylation is 3. The van der Waals surface area contributed by atoms with Gasteiger partial charge >= 0.3 is 6.03 Å². The molecule has 0 aromatic carbocycles. The van der Waals surface area contributed by atoms with Gasteiger partial charge in [0.2, 0.25) is 0 Å². The molecular formula is C15H28N4O2. The second-order valence-corrected chi connectivity index (χ2v) is 5.85. The maximum Gasteiger partial charge on any atom is 0.315 e. The molecule has 0 fully saturated rings. The van der Waals surface area contributed by atoms with E-state index in [9.17, 15) is 9.90 Å². The number of carbonyl (C=O) groups is 1. The van der Waals surface area contributed by atoms with E-state index in [1.165, 1.54) is 0 Å². The van der Waals surface area contributed by atoms with Gasteiger partial charge in [-0.05, 0) is 39.7 Å². The van der Waals surface area contributed by atoms with Gasteiger partial charge in [0, 0.05) is 18.8 Å². The summed E-state index contributed by atoms with van der Waals surface area (Å²) in [5, 5.41) is 19.4. The summed E-state index contributed by atoms with van der Waals surface area (Å²) in [5.41, 5.74) is 1.60. The van der Waals surface area contributed by atoms with E-state index >= 15 is 0 Å². The van der Waals surface area contributed by atoms with Crippen molar-refractivity contribution in [2.45, 2.75) is 59.0 Å². The minimum atomic E-state index is -0.547. The van der Waals surface area contributed by atoms with Crippen LogP contribution in [0, 0.1) is 13.8 Å². The van der Waals surface area contributed by atoms with Crippen molar-refractivity contribution in [3.8, 4) is 0 Å². The van der Waals surface area contributed by atoms with Crippen LogP contribution in [0.1, 0.15) is 44.5 Å². The number of urea groups is 1. The SMILES string of the molecule is CCCC(C)(CO)NC(=O)NCCCn1nc(C)cc1C. The van der Waals surface area contributed by atoms with E-state index in [-0.39, 0.29) is 12.6 Å². The van der Waals surface area contributed by atoms with E-state index in [0.717, 1.165) is 37.2 Å². The number of aliphatic hydroxyl groups excluding tert-OH is 1. The maximum absolute atomic E-state index is 11.8. The van der Waals surface area contributed by atoms with Gasteiger partial charge in [-0.3, -0.25) is 4.68 Å². The molecule has 0 bridgehead atoms. The van der Waals surface area contributed by atoms with Crippen LogP contribution in [-0.2, 0) is 6.54 Å². The number of aliphatic hydroxyl groups is 1. The lowest BCUT2D eigenvalue weighted by molar-refractivity contribution is 0.163. The van der Waals surface area contributed by atoms with Crippen LogP contribution >= 0.6 is 0 Å². The molecule has 1 aromatic rings. The van der Waals surface area contributed by atoms with Crippen LogP contribution < -0.4 is 10.6 Å². The Hall–Kier alpha value is -1.56. The first-order valence-electron chi connectivity index (χ1n) is 7.58. The third-order valence-corrected chi connectivity index (χ3v) is 3.50. The second-order valence-electron chi connectivity index (χ2n) is 5.85. The fourth-order valence-corrected chi connectivity index (χ4v) is 2.38. The first kappa shape index (κ1) is 17.5. The van der Waals surface area contributed by atoms with Crippen molar-refractivity contribution in [1.82, 2.24) is 20.4 Å². The zero-order chi connectivity index (χ0) is 15.9. The molecule has 3 N–H and O–H groups in total. The molecule has 1 unspecified atom stereocenters. The summed E-state index contributed by atoms with van der Waals surface area (Å²) in [4.78, 5) is 11.8. The van der Waals surface area contributed by atoms with E-state index in [0.29, 0.717) is 6.54 Å². The Labute approximate surface area is 126 Å². The molecule has 6 nitrogen and oxygen atoms in total. The predicted molar refractivity (Wildman–Crippen MR) is 83.3 cm³/mol.